The molecule has 2 aromatic rings. The number of hydrogen-bond donors (Lipinski definition) is 0. The van der Waals surface area contributed by atoms with Gasteiger partial charge in [0.15, 0.2) is 5.16 Å². The first-order chi connectivity index (χ1) is 12.6. The molecule has 1 saturated heterocycles. The Balaban J connectivity index is 1.98. The molecule has 1 aliphatic heterocycles. The van der Waals surface area contributed by atoms with E-state index in [2.05, 4.69) is 28.1 Å². The molecule has 1 aromatic heterocycles. The average Bonchev–Trinajstić information content (AvgIpc) is 3.06. The number of carbonyl (C=O) groups excluding carboxylic acids is 1. The highest BCUT2D eigenvalue weighted by Crippen LogP contribution is 2.31. The number of rotatable bonds is 6. The molecule has 140 valence electrons. The van der Waals surface area contributed by atoms with Gasteiger partial charge >= 0.3 is 5.97 Å². The number of hydrogen-bond acceptors (Lipinski definition) is 7. The molecule has 2 heterocycles. The van der Waals surface area contributed by atoms with Crippen LogP contribution in [-0.2, 0) is 14.3 Å². The molecule has 0 saturated carbocycles. The van der Waals surface area contributed by atoms with E-state index in [4.69, 9.17) is 9.47 Å². The number of nitrogens with zero attached hydrogens (tertiary/aromatic N) is 4. The molecule has 8 heteroatoms. The van der Waals surface area contributed by atoms with Crippen molar-refractivity contribution < 1.29 is 14.3 Å². The lowest BCUT2D eigenvalue weighted by atomic mass is 10.2. The van der Waals surface area contributed by atoms with Crippen molar-refractivity contribution in [1.82, 2.24) is 14.8 Å². The van der Waals surface area contributed by atoms with Crippen molar-refractivity contribution in [3.8, 4) is 5.69 Å². The van der Waals surface area contributed by atoms with Crippen LogP contribution in [0.4, 0.5) is 5.95 Å². The van der Waals surface area contributed by atoms with Gasteiger partial charge in [0.2, 0.25) is 5.95 Å². The third-order valence-electron chi connectivity index (χ3n) is 4.17. The molecule has 0 radical (unpaired) electrons. The molecular formula is C18H24N4O3S. The number of ether oxygens (including phenoxy) is 2. The minimum Gasteiger partial charge on any atom is -0.465 e. The maximum Gasteiger partial charge on any atom is 0.319 e. The number of esters is 1. The summed E-state index contributed by atoms with van der Waals surface area (Å²) in [6.45, 7) is 8.93. The standard InChI is InChI=1S/C18H24N4O3S/c1-4-25-16(23)14(3)26-18-20-19-17(21-9-11-24-12-10-21)22(18)15-8-6-5-7-13(15)2/h5-8,14H,4,9-12H2,1-3H3/t14-/m1/s1. The summed E-state index contributed by atoms with van der Waals surface area (Å²) in [6, 6.07) is 8.10. The second kappa shape index (κ2) is 8.55. The Bertz CT molecular complexity index is 759. The highest BCUT2D eigenvalue weighted by molar-refractivity contribution is 8.00. The minimum absolute atomic E-state index is 0.246. The third-order valence-corrected chi connectivity index (χ3v) is 5.19. The summed E-state index contributed by atoms with van der Waals surface area (Å²) >= 11 is 1.36. The van der Waals surface area contributed by atoms with Gasteiger partial charge in [-0.3, -0.25) is 9.36 Å². The molecule has 0 unspecified atom stereocenters. The van der Waals surface area contributed by atoms with Crippen molar-refractivity contribution in [2.75, 3.05) is 37.8 Å². The van der Waals surface area contributed by atoms with Gasteiger partial charge in [-0.15, -0.1) is 10.2 Å². The molecule has 26 heavy (non-hydrogen) atoms. The molecule has 7 nitrogen and oxygen atoms in total. The Morgan fingerprint density at radius 1 is 1.31 bits per heavy atom. The van der Waals surface area contributed by atoms with Crippen LogP contribution in [0.1, 0.15) is 19.4 Å². The number of anilines is 1. The zero-order chi connectivity index (χ0) is 18.5. The summed E-state index contributed by atoms with van der Waals surface area (Å²) in [4.78, 5) is 14.2. The largest absolute Gasteiger partial charge is 0.465 e. The topological polar surface area (TPSA) is 69.5 Å². The van der Waals surface area contributed by atoms with E-state index in [-0.39, 0.29) is 11.2 Å². The third kappa shape index (κ3) is 4.02. The molecule has 0 amide bonds. The van der Waals surface area contributed by atoms with Gasteiger partial charge in [0.1, 0.15) is 5.25 Å². The molecule has 1 atom stereocenters. The second-order valence-electron chi connectivity index (χ2n) is 6.02. The summed E-state index contributed by atoms with van der Waals surface area (Å²) in [6.07, 6.45) is 0. The normalized spacial score (nSPS) is 15.7. The number of aryl methyl sites for hydroxylation is 1. The van der Waals surface area contributed by atoms with Crippen molar-refractivity contribution in [3.05, 3.63) is 29.8 Å². The molecule has 3 rings (SSSR count). The summed E-state index contributed by atoms with van der Waals surface area (Å²) in [7, 11) is 0. The first-order valence-corrected chi connectivity index (χ1v) is 9.67. The molecule has 0 spiro atoms. The lowest BCUT2D eigenvalue weighted by molar-refractivity contribution is -0.142. The van der Waals surface area contributed by atoms with Crippen LogP contribution in [0.15, 0.2) is 29.4 Å². The van der Waals surface area contributed by atoms with E-state index >= 15 is 0 Å². The van der Waals surface area contributed by atoms with Crippen LogP contribution in [0.3, 0.4) is 0 Å². The van der Waals surface area contributed by atoms with E-state index in [1.165, 1.54) is 11.8 Å². The number of thioether (sulfide) groups is 1. The summed E-state index contributed by atoms with van der Waals surface area (Å²) in [5, 5.41) is 9.12. The van der Waals surface area contributed by atoms with Crippen LogP contribution >= 0.6 is 11.8 Å². The number of morpholine rings is 1. The summed E-state index contributed by atoms with van der Waals surface area (Å²) < 4.78 is 12.6. The van der Waals surface area contributed by atoms with Gasteiger partial charge < -0.3 is 14.4 Å². The smallest absolute Gasteiger partial charge is 0.319 e. The highest BCUT2D eigenvalue weighted by atomic mass is 32.2. The van der Waals surface area contributed by atoms with Gasteiger partial charge in [-0.2, -0.15) is 0 Å². The van der Waals surface area contributed by atoms with E-state index in [0.29, 0.717) is 25.0 Å². The predicted octanol–water partition coefficient (Wildman–Crippen LogP) is 2.46. The van der Waals surface area contributed by atoms with E-state index in [0.717, 1.165) is 30.3 Å². The van der Waals surface area contributed by atoms with Gasteiger partial charge in [0, 0.05) is 13.1 Å². The van der Waals surface area contributed by atoms with Crippen molar-refractivity contribution in [3.63, 3.8) is 0 Å². The lowest BCUT2D eigenvalue weighted by Gasteiger charge is -2.28. The van der Waals surface area contributed by atoms with Crippen molar-refractivity contribution >= 4 is 23.7 Å². The Morgan fingerprint density at radius 2 is 2.04 bits per heavy atom. The van der Waals surface area contributed by atoms with Crippen LogP contribution in [0.25, 0.3) is 5.69 Å². The SMILES string of the molecule is CCOC(=O)[C@@H](C)Sc1nnc(N2CCOCC2)n1-c1ccccc1C. The molecule has 0 N–H and O–H groups in total. The summed E-state index contributed by atoms with van der Waals surface area (Å²) in [5.41, 5.74) is 2.13. The maximum absolute atomic E-state index is 12.0. The number of benzene rings is 1. The molecule has 0 bridgehead atoms. The van der Waals surface area contributed by atoms with Crippen LogP contribution in [0.5, 0.6) is 0 Å². The second-order valence-corrected chi connectivity index (χ2v) is 7.32. The number of aromatic nitrogens is 3. The number of para-hydroxylation sites is 1. The van der Waals surface area contributed by atoms with Crippen LogP contribution in [-0.4, -0.2) is 58.9 Å². The maximum atomic E-state index is 12.0. The van der Waals surface area contributed by atoms with Gasteiger partial charge in [-0.1, -0.05) is 30.0 Å². The average molecular weight is 376 g/mol. The molecule has 1 aliphatic rings. The first kappa shape index (κ1) is 18.7. The Kier molecular flexibility index (Phi) is 6.16. The van der Waals surface area contributed by atoms with Gasteiger partial charge in [0.05, 0.1) is 25.5 Å². The van der Waals surface area contributed by atoms with E-state index < -0.39 is 0 Å². The fourth-order valence-electron chi connectivity index (χ4n) is 2.80. The monoisotopic (exact) mass is 376 g/mol. The van der Waals surface area contributed by atoms with E-state index in [1.54, 1.807) is 0 Å². The minimum atomic E-state index is -0.362. The zero-order valence-electron chi connectivity index (χ0n) is 15.3. The van der Waals surface area contributed by atoms with Crippen molar-refractivity contribution in [1.29, 1.82) is 0 Å². The van der Waals surface area contributed by atoms with Crippen LogP contribution < -0.4 is 4.90 Å². The first-order valence-electron chi connectivity index (χ1n) is 8.79. The quantitative estimate of drug-likeness (QED) is 0.566. The van der Waals surface area contributed by atoms with Crippen molar-refractivity contribution in [2.24, 2.45) is 0 Å². The molecular weight excluding hydrogens is 352 g/mol. The van der Waals surface area contributed by atoms with E-state index in [1.807, 2.05) is 36.6 Å². The van der Waals surface area contributed by atoms with Gasteiger partial charge in [-0.05, 0) is 32.4 Å². The fraction of sp³-hybridized carbons (Fsp3) is 0.500. The molecule has 0 aliphatic carbocycles. The van der Waals surface area contributed by atoms with Gasteiger partial charge in [0.25, 0.3) is 0 Å². The Hall–Kier alpha value is -2.06. The fourth-order valence-corrected chi connectivity index (χ4v) is 3.65. The van der Waals surface area contributed by atoms with Crippen molar-refractivity contribution in [2.45, 2.75) is 31.2 Å². The zero-order valence-corrected chi connectivity index (χ0v) is 16.2. The predicted molar refractivity (Wildman–Crippen MR) is 101 cm³/mol. The molecule has 1 aromatic carbocycles. The van der Waals surface area contributed by atoms with E-state index in [9.17, 15) is 4.79 Å². The Labute approximate surface area is 157 Å². The Morgan fingerprint density at radius 3 is 2.73 bits per heavy atom. The van der Waals surface area contributed by atoms with Crippen LogP contribution in [0, 0.1) is 6.92 Å². The molecule has 1 fully saturated rings. The highest BCUT2D eigenvalue weighted by Gasteiger charge is 2.25. The number of carbonyl (C=O) groups is 1. The van der Waals surface area contributed by atoms with Crippen LogP contribution in [0.2, 0.25) is 0 Å². The summed E-state index contributed by atoms with van der Waals surface area (Å²) in [5.74, 6) is 0.533. The lowest BCUT2D eigenvalue weighted by Crippen LogP contribution is -2.38. The van der Waals surface area contributed by atoms with Gasteiger partial charge in [-0.25, -0.2) is 0 Å².